The van der Waals surface area contributed by atoms with E-state index < -0.39 is 0 Å². The van der Waals surface area contributed by atoms with Crippen molar-refractivity contribution < 1.29 is 4.79 Å². The Morgan fingerprint density at radius 2 is 1.72 bits per heavy atom. The number of carbonyl (C=O) groups is 1. The van der Waals surface area contributed by atoms with Crippen molar-refractivity contribution in [2.24, 2.45) is 7.05 Å². The summed E-state index contributed by atoms with van der Waals surface area (Å²) in [6.07, 6.45) is 8.66. The highest BCUT2D eigenvalue weighted by atomic mass is 16.2. The number of nitrogens with zero attached hydrogens (tertiary/aromatic N) is 3. The number of fused-ring (bicyclic) bond motifs is 1. The summed E-state index contributed by atoms with van der Waals surface area (Å²) < 4.78 is 1.33. The van der Waals surface area contributed by atoms with Crippen LogP contribution in [-0.4, -0.2) is 33.7 Å². The SMILES string of the molecule is CN(C(=O)Cc1nn(C)c(=O)c2ccccc12)C1CCCCCCC1. The van der Waals surface area contributed by atoms with Gasteiger partial charge in [-0.1, -0.05) is 50.3 Å². The largest absolute Gasteiger partial charge is 0.342 e. The van der Waals surface area contributed by atoms with Crippen molar-refractivity contribution in [1.82, 2.24) is 14.7 Å². The molecule has 5 nitrogen and oxygen atoms in total. The third-order valence-electron chi connectivity index (χ3n) is 5.37. The molecule has 0 N–H and O–H groups in total. The van der Waals surface area contributed by atoms with Gasteiger partial charge in [0.05, 0.1) is 17.5 Å². The average Bonchev–Trinajstić information content (AvgIpc) is 2.58. The molecule has 2 aromatic rings. The molecular formula is C20H27N3O2. The van der Waals surface area contributed by atoms with Crippen molar-refractivity contribution >= 4 is 16.7 Å². The number of aryl methyl sites for hydroxylation is 1. The van der Waals surface area contributed by atoms with Gasteiger partial charge >= 0.3 is 0 Å². The van der Waals surface area contributed by atoms with E-state index in [2.05, 4.69) is 5.10 Å². The molecular weight excluding hydrogens is 314 g/mol. The summed E-state index contributed by atoms with van der Waals surface area (Å²) in [7, 11) is 3.56. The van der Waals surface area contributed by atoms with Gasteiger partial charge < -0.3 is 4.90 Å². The molecule has 25 heavy (non-hydrogen) atoms. The molecule has 1 fully saturated rings. The van der Waals surface area contributed by atoms with Crippen molar-refractivity contribution in [2.75, 3.05) is 7.05 Å². The summed E-state index contributed by atoms with van der Waals surface area (Å²) in [5.41, 5.74) is 0.556. The van der Waals surface area contributed by atoms with E-state index in [9.17, 15) is 9.59 Å². The minimum atomic E-state index is -0.125. The highest BCUT2D eigenvalue weighted by Gasteiger charge is 2.22. The van der Waals surface area contributed by atoms with Gasteiger partial charge in [-0.15, -0.1) is 0 Å². The Balaban J connectivity index is 1.81. The van der Waals surface area contributed by atoms with E-state index >= 15 is 0 Å². The number of carbonyl (C=O) groups excluding carboxylic acids is 1. The minimum absolute atomic E-state index is 0.0851. The quantitative estimate of drug-likeness (QED) is 0.862. The maximum absolute atomic E-state index is 12.8. The Bertz CT molecular complexity index is 804. The Hall–Kier alpha value is -2.17. The van der Waals surface area contributed by atoms with Gasteiger partial charge in [-0.3, -0.25) is 9.59 Å². The lowest BCUT2D eigenvalue weighted by atomic mass is 9.95. The molecule has 1 aromatic carbocycles. The summed E-state index contributed by atoms with van der Waals surface area (Å²) in [5, 5.41) is 5.76. The second-order valence-corrected chi connectivity index (χ2v) is 7.10. The number of likely N-dealkylation sites (N-methyl/N-ethyl adjacent to an activating group) is 1. The standard InChI is InChI=1S/C20H27N3O2/c1-22(15-10-6-4-3-5-7-11-15)19(24)14-18-16-12-8-9-13-17(16)20(25)23(2)21-18/h8-9,12-13,15H,3-7,10-11,14H2,1-2H3. The third-order valence-corrected chi connectivity index (χ3v) is 5.37. The molecule has 0 bridgehead atoms. The van der Waals surface area contributed by atoms with Crippen LogP contribution in [0.4, 0.5) is 0 Å². The van der Waals surface area contributed by atoms with Crippen LogP contribution >= 0.6 is 0 Å². The number of benzene rings is 1. The molecule has 1 aliphatic rings. The molecule has 0 saturated heterocycles. The smallest absolute Gasteiger partial charge is 0.274 e. The van der Waals surface area contributed by atoms with Crippen molar-refractivity contribution in [3.63, 3.8) is 0 Å². The molecule has 134 valence electrons. The first kappa shape index (κ1) is 17.6. The lowest BCUT2D eigenvalue weighted by molar-refractivity contribution is -0.131. The maximum Gasteiger partial charge on any atom is 0.274 e. The fourth-order valence-electron chi connectivity index (χ4n) is 3.80. The first-order valence-electron chi connectivity index (χ1n) is 9.28. The summed E-state index contributed by atoms with van der Waals surface area (Å²) >= 11 is 0. The van der Waals surface area contributed by atoms with E-state index in [1.54, 1.807) is 13.1 Å². The third kappa shape index (κ3) is 3.91. The average molecular weight is 341 g/mol. The second kappa shape index (κ2) is 7.81. The van der Waals surface area contributed by atoms with Gasteiger partial charge in [0.2, 0.25) is 5.91 Å². The van der Waals surface area contributed by atoms with E-state index in [1.165, 1.54) is 36.8 Å². The molecule has 0 radical (unpaired) electrons. The van der Waals surface area contributed by atoms with Crippen LogP contribution in [0.3, 0.4) is 0 Å². The molecule has 0 aliphatic heterocycles. The molecule has 3 rings (SSSR count). The van der Waals surface area contributed by atoms with Crippen LogP contribution in [-0.2, 0) is 18.3 Å². The van der Waals surface area contributed by atoms with Crippen LogP contribution < -0.4 is 5.56 Å². The molecule has 0 spiro atoms. The van der Waals surface area contributed by atoms with E-state index in [4.69, 9.17) is 0 Å². The minimum Gasteiger partial charge on any atom is -0.342 e. The molecule has 1 aromatic heterocycles. The zero-order valence-electron chi connectivity index (χ0n) is 15.2. The molecule has 5 heteroatoms. The van der Waals surface area contributed by atoms with Gasteiger partial charge in [0, 0.05) is 25.5 Å². The van der Waals surface area contributed by atoms with Crippen molar-refractivity contribution in [1.29, 1.82) is 0 Å². The number of aromatic nitrogens is 2. The zero-order chi connectivity index (χ0) is 17.8. The Labute approximate surface area is 148 Å². The molecule has 1 aliphatic carbocycles. The first-order valence-corrected chi connectivity index (χ1v) is 9.28. The number of hydrogen-bond acceptors (Lipinski definition) is 3. The van der Waals surface area contributed by atoms with Crippen LogP contribution in [0.15, 0.2) is 29.1 Å². The Morgan fingerprint density at radius 1 is 1.12 bits per heavy atom. The van der Waals surface area contributed by atoms with Gasteiger partial charge in [-0.2, -0.15) is 5.10 Å². The summed E-state index contributed by atoms with van der Waals surface area (Å²) in [6.45, 7) is 0. The lowest BCUT2D eigenvalue weighted by Gasteiger charge is -2.30. The Kier molecular flexibility index (Phi) is 5.51. The highest BCUT2D eigenvalue weighted by molar-refractivity contribution is 5.88. The fraction of sp³-hybridized carbons (Fsp3) is 0.550. The normalized spacial score (nSPS) is 16.4. The zero-order valence-corrected chi connectivity index (χ0v) is 15.2. The fourth-order valence-corrected chi connectivity index (χ4v) is 3.80. The summed E-state index contributed by atoms with van der Waals surface area (Å²) in [5.74, 6) is 0.0851. The van der Waals surface area contributed by atoms with E-state index in [1.807, 2.05) is 30.1 Å². The second-order valence-electron chi connectivity index (χ2n) is 7.10. The maximum atomic E-state index is 12.8. The van der Waals surface area contributed by atoms with Crippen molar-refractivity contribution in [3.8, 4) is 0 Å². The molecule has 1 amide bonds. The van der Waals surface area contributed by atoms with Gasteiger partial charge in [0.25, 0.3) is 5.56 Å². The predicted octanol–water partition coefficient (Wildman–Crippen LogP) is 3.05. The molecule has 1 heterocycles. The number of hydrogen-bond donors (Lipinski definition) is 0. The predicted molar refractivity (Wildman–Crippen MR) is 99.6 cm³/mol. The number of amides is 1. The van der Waals surface area contributed by atoms with Crippen LogP contribution in [0, 0.1) is 0 Å². The van der Waals surface area contributed by atoms with E-state index in [0.29, 0.717) is 17.1 Å². The molecule has 0 unspecified atom stereocenters. The van der Waals surface area contributed by atoms with Crippen molar-refractivity contribution in [3.05, 3.63) is 40.3 Å². The Morgan fingerprint density at radius 3 is 2.40 bits per heavy atom. The number of rotatable bonds is 3. The van der Waals surface area contributed by atoms with Gasteiger partial charge in [-0.05, 0) is 18.9 Å². The lowest BCUT2D eigenvalue weighted by Crippen LogP contribution is -2.38. The van der Waals surface area contributed by atoms with Crippen molar-refractivity contribution in [2.45, 2.75) is 57.4 Å². The molecule has 1 saturated carbocycles. The van der Waals surface area contributed by atoms with E-state index in [0.717, 1.165) is 18.2 Å². The van der Waals surface area contributed by atoms with Crippen LogP contribution in [0.25, 0.3) is 10.8 Å². The highest BCUT2D eigenvalue weighted by Crippen LogP contribution is 2.22. The van der Waals surface area contributed by atoms with Gasteiger partial charge in [0.15, 0.2) is 0 Å². The summed E-state index contributed by atoms with van der Waals surface area (Å²) in [4.78, 5) is 27.0. The summed E-state index contributed by atoms with van der Waals surface area (Å²) in [6, 6.07) is 7.73. The monoisotopic (exact) mass is 341 g/mol. The first-order chi connectivity index (χ1) is 12.1. The van der Waals surface area contributed by atoms with Crippen LogP contribution in [0.5, 0.6) is 0 Å². The van der Waals surface area contributed by atoms with Crippen LogP contribution in [0.2, 0.25) is 0 Å². The van der Waals surface area contributed by atoms with Gasteiger partial charge in [0.1, 0.15) is 0 Å². The van der Waals surface area contributed by atoms with Crippen LogP contribution in [0.1, 0.15) is 50.6 Å². The van der Waals surface area contributed by atoms with Gasteiger partial charge in [-0.25, -0.2) is 4.68 Å². The van der Waals surface area contributed by atoms with E-state index in [-0.39, 0.29) is 17.9 Å². The molecule has 0 atom stereocenters. The topological polar surface area (TPSA) is 55.2 Å².